The van der Waals surface area contributed by atoms with Crippen molar-refractivity contribution in [3.63, 3.8) is 0 Å². The summed E-state index contributed by atoms with van der Waals surface area (Å²) >= 11 is 3.40. The number of carbonyl (C=O) groups excluding carboxylic acids is 1. The Morgan fingerprint density at radius 2 is 2.25 bits per heavy atom. The van der Waals surface area contributed by atoms with Crippen molar-refractivity contribution in [2.75, 3.05) is 0 Å². The van der Waals surface area contributed by atoms with Gasteiger partial charge >= 0.3 is 0 Å². The zero-order valence-corrected chi connectivity index (χ0v) is 13.0. The molecule has 2 aromatic heterocycles. The molecule has 0 radical (unpaired) electrons. The van der Waals surface area contributed by atoms with Crippen LogP contribution in [0.25, 0.3) is 11.8 Å². The molecule has 20 heavy (non-hydrogen) atoms. The maximum atomic E-state index is 12.0. The monoisotopic (exact) mass is 301 g/mol. The highest BCUT2D eigenvalue weighted by molar-refractivity contribution is 7.13. The first-order valence-electron chi connectivity index (χ1n) is 6.55. The van der Waals surface area contributed by atoms with E-state index < -0.39 is 0 Å². The van der Waals surface area contributed by atoms with Gasteiger partial charge in [-0.3, -0.25) is 4.79 Å². The number of aryl methyl sites for hydroxylation is 2. The van der Waals surface area contributed by atoms with Crippen LogP contribution in [0.15, 0.2) is 35.2 Å². The van der Waals surface area contributed by atoms with Gasteiger partial charge in [-0.25, -0.2) is 0 Å². The Hall–Kier alpha value is -1.65. The highest BCUT2D eigenvalue weighted by Gasteiger charge is 2.20. The van der Waals surface area contributed by atoms with Gasteiger partial charge in [-0.15, -0.1) is 22.7 Å². The van der Waals surface area contributed by atoms with E-state index in [2.05, 4.69) is 25.2 Å². The lowest BCUT2D eigenvalue weighted by Gasteiger charge is -1.97. The highest BCUT2D eigenvalue weighted by atomic mass is 32.1. The van der Waals surface area contributed by atoms with E-state index >= 15 is 0 Å². The van der Waals surface area contributed by atoms with Crippen LogP contribution in [-0.4, -0.2) is 5.91 Å². The maximum Gasteiger partial charge on any atom is 0.255 e. The third-order valence-electron chi connectivity index (χ3n) is 3.26. The van der Waals surface area contributed by atoms with Crippen LogP contribution in [0.3, 0.4) is 0 Å². The number of carbonyl (C=O) groups is 1. The minimum absolute atomic E-state index is 0.0162. The van der Waals surface area contributed by atoms with Gasteiger partial charge in [0.25, 0.3) is 5.91 Å². The summed E-state index contributed by atoms with van der Waals surface area (Å²) in [5, 5.41) is 4.98. The molecule has 1 aliphatic heterocycles. The fourth-order valence-corrected chi connectivity index (χ4v) is 3.97. The minimum atomic E-state index is -0.0162. The first kappa shape index (κ1) is 13.3. The molecule has 1 aliphatic rings. The van der Waals surface area contributed by atoms with Crippen molar-refractivity contribution in [1.29, 1.82) is 0 Å². The fourth-order valence-electron chi connectivity index (χ4n) is 2.22. The van der Waals surface area contributed by atoms with Crippen molar-refractivity contribution < 1.29 is 4.79 Å². The molecule has 0 unspecified atom stereocenters. The van der Waals surface area contributed by atoms with E-state index in [0.29, 0.717) is 0 Å². The molecule has 0 bridgehead atoms. The molecule has 0 spiro atoms. The Balaban J connectivity index is 1.93. The zero-order chi connectivity index (χ0) is 14.1. The molecule has 0 aliphatic carbocycles. The maximum absolute atomic E-state index is 12.0. The van der Waals surface area contributed by atoms with Crippen molar-refractivity contribution in [3.8, 4) is 0 Å². The van der Waals surface area contributed by atoms with Crippen molar-refractivity contribution in [3.05, 3.63) is 55.4 Å². The van der Waals surface area contributed by atoms with Gasteiger partial charge in [0, 0.05) is 15.3 Å². The number of hydrogen-bond acceptors (Lipinski definition) is 3. The summed E-state index contributed by atoms with van der Waals surface area (Å²) in [7, 11) is 0. The molecule has 1 N–H and O–H groups in total. The Morgan fingerprint density at radius 3 is 2.90 bits per heavy atom. The molecule has 0 saturated carbocycles. The molecule has 3 rings (SSSR count). The van der Waals surface area contributed by atoms with E-state index in [-0.39, 0.29) is 5.91 Å². The molecule has 4 heteroatoms. The molecule has 0 atom stereocenters. The second kappa shape index (κ2) is 5.38. The van der Waals surface area contributed by atoms with E-state index in [0.717, 1.165) is 27.4 Å². The molecular weight excluding hydrogens is 286 g/mol. The van der Waals surface area contributed by atoms with Gasteiger partial charge in [0.2, 0.25) is 0 Å². The summed E-state index contributed by atoms with van der Waals surface area (Å²) in [6.45, 7) is 4.28. The number of rotatable bonds is 3. The second-order valence-corrected chi connectivity index (χ2v) is 6.81. The first-order chi connectivity index (χ1) is 9.67. The summed E-state index contributed by atoms with van der Waals surface area (Å²) in [5.41, 5.74) is 2.95. The molecule has 2 nitrogen and oxygen atoms in total. The van der Waals surface area contributed by atoms with E-state index in [1.807, 2.05) is 29.7 Å². The van der Waals surface area contributed by atoms with Crippen LogP contribution in [0.1, 0.15) is 27.1 Å². The average Bonchev–Trinajstić information content (AvgIpc) is 3.12. The molecular formula is C16H15NOS2. The SMILES string of the molecule is CCc1sc(C2=CC(=Cc3cccs3)C(=O)N2)cc1C. The van der Waals surface area contributed by atoms with Gasteiger partial charge < -0.3 is 5.32 Å². The standard InChI is InChI=1S/C16H15NOS2/c1-3-14-10(2)7-15(20-14)13-9-11(16(18)17-13)8-12-5-4-6-19-12/h4-9H,3H2,1-2H3,(H,17,18). The molecule has 2 aromatic rings. The van der Waals surface area contributed by atoms with Crippen LogP contribution in [-0.2, 0) is 11.2 Å². The summed E-state index contributed by atoms with van der Waals surface area (Å²) < 4.78 is 0. The van der Waals surface area contributed by atoms with Gasteiger partial charge in [-0.05, 0) is 48.6 Å². The Kier molecular flexibility index (Phi) is 3.59. The van der Waals surface area contributed by atoms with Crippen LogP contribution < -0.4 is 5.32 Å². The third-order valence-corrected chi connectivity index (χ3v) is 5.49. The van der Waals surface area contributed by atoms with Gasteiger partial charge in [0.15, 0.2) is 0 Å². The zero-order valence-electron chi connectivity index (χ0n) is 11.4. The predicted octanol–water partition coefficient (Wildman–Crippen LogP) is 4.23. The second-order valence-electron chi connectivity index (χ2n) is 4.70. The van der Waals surface area contributed by atoms with Crippen LogP contribution in [0.4, 0.5) is 0 Å². The van der Waals surface area contributed by atoms with E-state index in [9.17, 15) is 4.79 Å². The summed E-state index contributed by atoms with van der Waals surface area (Å²) in [4.78, 5) is 15.6. The van der Waals surface area contributed by atoms with Gasteiger partial charge in [0.1, 0.15) is 0 Å². The number of amides is 1. The molecule has 0 saturated heterocycles. The summed E-state index contributed by atoms with van der Waals surface area (Å²) in [5.74, 6) is -0.0162. The van der Waals surface area contributed by atoms with E-state index in [1.165, 1.54) is 10.4 Å². The Morgan fingerprint density at radius 1 is 1.40 bits per heavy atom. The smallest absolute Gasteiger partial charge is 0.255 e. The number of nitrogens with one attached hydrogen (secondary N) is 1. The lowest BCUT2D eigenvalue weighted by Crippen LogP contribution is -2.15. The Labute approximate surface area is 126 Å². The molecule has 0 aromatic carbocycles. The topological polar surface area (TPSA) is 29.1 Å². The molecule has 3 heterocycles. The predicted molar refractivity (Wildman–Crippen MR) is 86.8 cm³/mol. The molecule has 0 fully saturated rings. The highest BCUT2D eigenvalue weighted by Crippen LogP contribution is 2.30. The van der Waals surface area contributed by atoms with Crippen LogP contribution in [0.5, 0.6) is 0 Å². The van der Waals surface area contributed by atoms with Gasteiger partial charge in [-0.1, -0.05) is 13.0 Å². The minimum Gasteiger partial charge on any atom is -0.321 e. The van der Waals surface area contributed by atoms with Crippen LogP contribution in [0.2, 0.25) is 0 Å². The van der Waals surface area contributed by atoms with Gasteiger partial charge in [0.05, 0.1) is 10.6 Å². The van der Waals surface area contributed by atoms with Crippen molar-refractivity contribution in [2.24, 2.45) is 0 Å². The summed E-state index contributed by atoms with van der Waals surface area (Å²) in [6.07, 6.45) is 4.93. The van der Waals surface area contributed by atoms with Crippen molar-refractivity contribution in [1.82, 2.24) is 5.32 Å². The molecule has 1 amide bonds. The fraction of sp³-hybridized carbons (Fsp3) is 0.188. The van der Waals surface area contributed by atoms with Crippen LogP contribution >= 0.6 is 22.7 Å². The number of thiophene rings is 2. The molecule has 102 valence electrons. The third kappa shape index (κ3) is 2.49. The van der Waals surface area contributed by atoms with E-state index in [4.69, 9.17) is 0 Å². The largest absolute Gasteiger partial charge is 0.321 e. The lowest BCUT2D eigenvalue weighted by atomic mass is 10.2. The van der Waals surface area contributed by atoms with E-state index in [1.54, 1.807) is 22.7 Å². The quantitative estimate of drug-likeness (QED) is 0.844. The van der Waals surface area contributed by atoms with Gasteiger partial charge in [-0.2, -0.15) is 0 Å². The van der Waals surface area contributed by atoms with Crippen molar-refractivity contribution >= 4 is 40.4 Å². The normalized spacial score (nSPS) is 16.6. The number of hydrogen-bond donors (Lipinski definition) is 1. The Bertz CT molecular complexity index is 705. The first-order valence-corrected chi connectivity index (χ1v) is 8.25. The lowest BCUT2D eigenvalue weighted by molar-refractivity contribution is -0.115. The average molecular weight is 301 g/mol. The van der Waals surface area contributed by atoms with Crippen LogP contribution in [0, 0.1) is 6.92 Å². The summed E-state index contributed by atoms with van der Waals surface area (Å²) in [6, 6.07) is 6.16. The van der Waals surface area contributed by atoms with Crippen molar-refractivity contribution in [2.45, 2.75) is 20.3 Å².